The zero-order valence-electron chi connectivity index (χ0n) is 6.82. The fourth-order valence-electron chi connectivity index (χ4n) is 1.22. The van der Waals surface area contributed by atoms with Crippen molar-refractivity contribution < 1.29 is 14.3 Å². The number of aromatic hydroxyl groups is 1. The third-order valence-electron chi connectivity index (χ3n) is 1.80. The number of rotatable bonds is 1. The SMILES string of the molecule is O=C=Nc1ccc(Cl)c2c(O)coc12. The lowest BCUT2D eigenvalue weighted by atomic mass is 10.2. The van der Waals surface area contributed by atoms with Crippen LogP contribution in [0.15, 0.2) is 27.8 Å². The lowest BCUT2D eigenvalue weighted by Crippen LogP contribution is -1.70. The third kappa shape index (κ3) is 1.18. The molecule has 1 aromatic carbocycles. The number of nitrogens with zero attached hydrogens (tertiary/aromatic N) is 1. The van der Waals surface area contributed by atoms with Crippen molar-refractivity contribution in [3.63, 3.8) is 0 Å². The molecule has 2 rings (SSSR count). The first-order valence-electron chi connectivity index (χ1n) is 3.70. The Bertz CT molecular complexity index is 540. The molecule has 5 heteroatoms. The molecule has 2 aromatic rings. The van der Waals surface area contributed by atoms with Crippen molar-refractivity contribution in [2.75, 3.05) is 0 Å². The first-order chi connectivity index (χ1) is 6.74. The second kappa shape index (κ2) is 3.18. The number of halogens is 1. The molecule has 1 N–H and O–H groups in total. The maximum atomic E-state index is 10.1. The highest BCUT2D eigenvalue weighted by Gasteiger charge is 2.12. The van der Waals surface area contributed by atoms with Crippen LogP contribution in [-0.4, -0.2) is 11.2 Å². The van der Waals surface area contributed by atoms with Gasteiger partial charge in [-0.1, -0.05) is 11.6 Å². The number of isocyanates is 1. The monoisotopic (exact) mass is 209 g/mol. The maximum Gasteiger partial charge on any atom is 0.240 e. The second-order valence-electron chi connectivity index (χ2n) is 2.59. The Labute approximate surface area is 83.4 Å². The van der Waals surface area contributed by atoms with E-state index in [1.165, 1.54) is 18.2 Å². The summed E-state index contributed by atoms with van der Waals surface area (Å²) in [5.74, 6) is -0.0760. The number of benzene rings is 1. The van der Waals surface area contributed by atoms with Crippen LogP contribution in [0, 0.1) is 0 Å². The van der Waals surface area contributed by atoms with E-state index >= 15 is 0 Å². The summed E-state index contributed by atoms with van der Waals surface area (Å²) in [5, 5.41) is 10.1. The number of fused-ring (bicyclic) bond motifs is 1. The Morgan fingerprint density at radius 3 is 3.00 bits per heavy atom. The molecule has 1 aromatic heterocycles. The molecule has 0 fully saturated rings. The molecule has 70 valence electrons. The second-order valence-corrected chi connectivity index (χ2v) is 3.00. The quantitative estimate of drug-likeness (QED) is 0.580. The molecule has 0 atom stereocenters. The topological polar surface area (TPSA) is 62.8 Å². The normalized spacial score (nSPS) is 10.1. The first kappa shape index (κ1) is 8.81. The summed E-state index contributed by atoms with van der Waals surface area (Å²) in [6.45, 7) is 0. The van der Waals surface area contributed by atoms with Gasteiger partial charge in [-0.15, -0.1) is 0 Å². The summed E-state index contributed by atoms with van der Waals surface area (Å²) in [6, 6.07) is 3.04. The van der Waals surface area contributed by atoms with Gasteiger partial charge in [-0.25, -0.2) is 4.79 Å². The number of hydrogen-bond donors (Lipinski definition) is 1. The molecule has 0 unspecified atom stereocenters. The Balaban J connectivity index is 2.89. The highest BCUT2D eigenvalue weighted by Crippen LogP contribution is 2.38. The molecule has 14 heavy (non-hydrogen) atoms. The Kier molecular flexibility index (Phi) is 2.00. The lowest BCUT2D eigenvalue weighted by Gasteiger charge is -1.95. The van der Waals surface area contributed by atoms with Crippen LogP contribution in [0.3, 0.4) is 0 Å². The van der Waals surface area contributed by atoms with Gasteiger partial charge in [0.2, 0.25) is 6.08 Å². The molecule has 0 saturated heterocycles. The summed E-state index contributed by atoms with van der Waals surface area (Å²) in [5.41, 5.74) is 0.568. The zero-order valence-corrected chi connectivity index (χ0v) is 7.58. The molecule has 0 aliphatic rings. The van der Waals surface area contributed by atoms with E-state index in [4.69, 9.17) is 16.0 Å². The van der Waals surface area contributed by atoms with Gasteiger partial charge in [0, 0.05) is 0 Å². The smallest absolute Gasteiger partial charge is 0.240 e. The van der Waals surface area contributed by atoms with E-state index in [0.29, 0.717) is 16.1 Å². The molecule has 0 amide bonds. The number of furan rings is 1. The predicted molar refractivity (Wildman–Crippen MR) is 50.7 cm³/mol. The minimum absolute atomic E-state index is 0.0760. The number of aliphatic imine (C=N–C) groups is 1. The van der Waals surface area contributed by atoms with Crippen LogP contribution < -0.4 is 0 Å². The van der Waals surface area contributed by atoms with Crippen LogP contribution in [0.5, 0.6) is 5.75 Å². The van der Waals surface area contributed by atoms with Crippen LogP contribution in [-0.2, 0) is 4.79 Å². The van der Waals surface area contributed by atoms with Gasteiger partial charge < -0.3 is 9.52 Å². The summed E-state index contributed by atoms with van der Waals surface area (Å²) < 4.78 is 5.01. The Hall–Kier alpha value is -1.77. The zero-order chi connectivity index (χ0) is 10.1. The van der Waals surface area contributed by atoms with Crippen LogP contribution in [0.2, 0.25) is 5.02 Å². The summed E-state index contributed by atoms with van der Waals surface area (Å²) in [7, 11) is 0. The molecule has 0 aliphatic carbocycles. The minimum Gasteiger partial charge on any atom is -0.504 e. The molecule has 1 heterocycles. The molecule has 0 spiro atoms. The maximum absolute atomic E-state index is 10.1. The summed E-state index contributed by atoms with van der Waals surface area (Å²) in [4.78, 5) is 13.5. The van der Waals surface area contributed by atoms with Crippen molar-refractivity contribution >= 4 is 34.3 Å². The fraction of sp³-hybridized carbons (Fsp3) is 0. The van der Waals surface area contributed by atoms with Gasteiger partial charge in [0.05, 0.1) is 10.4 Å². The number of hydrogen-bond acceptors (Lipinski definition) is 4. The highest BCUT2D eigenvalue weighted by atomic mass is 35.5. The largest absolute Gasteiger partial charge is 0.504 e. The molecule has 4 nitrogen and oxygen atoms in total. The van der Waals surface area contributed by atoms with Gasteiger partial charge in [-0.3, -0.25) is 0 Å². The van der Waals surface area contributed by atoms with Gasteiger partial charge in [-0.2, -0.15) is 4.99 Å². The van der Waals surface area contributed by atoms with Gasteiger partial charge in [0.1, 0.15) is 12.0 Å². The molecule has 0 radical (unpaired) electrons. The Morgan fingerprint density at radius 1 is 1.50 bits per heavy atom. The van der Waals surface area contributed by atoms with E-state index < -0.39 is 0 Å². The lowest BCUT2D eigenvalue weighted by molar-refractivity contribution is 0.464. The van der Waals surface area contributed by atoms with Crippen molar-refractivity contribution in [2.45, 2.75) is 0 Å². The van der Waals surface area contributed by atoms with Crippen LogP contribution >= 0.6 is 11.6 Å². The van der Waals surface area contributed by atoms with Gasteiger partial charge in [0.25, 0.3) is 0 Å². The van der Waals surface area contributed by atoms with Crippen LogP contribution in [0.1, 0.15) is 0 Å². The summed E-state index contributed by atoms with van der Waals surface area (Å²) >= 11 is 5.82. The van der Waals surface area contributed by atoms with Crippen molar-refractivity contribution in [2.24, 2.45) is 4.99 Å². The molecule has 0 aliphatic heterocycles. The van der Waals surface area contributed by atoms with Crippen molar-refractivity contribution in [1.29, 1.82) is 0 Å². The molecule has 0 bridgehead atoms. The van der Waals surface area contributed by atoms with Gasteiger partial charge in [-0.05, 0) is 12.1 Å². The summed E-state index contributed by atoms with van der Waals surface area (Å²) in [6.07, 6.45) is 2.53. The van der Waals surface area contributed by atoms with E-state index in [9.17, 15) is 9.90 Å². The number of carbonyl (C=O) groups excluding carboxylic acids is 1. The molecular formula is C9H4ClNO3. The highest BCUT2D eigenvalue weighted by molar-refractivity contribution is 6.36. The van der Waals surface area contributed by atoms with E-state index in [-0.39, 0.29) is 11.3 Å². The van der Waals surface area contributed by atoms with E-state index in [1.807, 2.05) is 0 Å². The standard InChI is InChI=1S/C9H4ClNO3/c10-5-1-2-6(11-4-12)9-8(5)7(13)3-14-9/h1-3,13H. The molecular weight excluding hydrogens is 206 g/mol. The average molecular weight is 210 g/mol. The van der Waals surface area contributed by atoms with Crippen molar-refractivity contribution in [3.8, 4) is 5.75 Å². The first-order valence-corrected chi connectivity index (χ1v) is 4.08. The van der Waals surface area contributed by atoms with E-state index in [0.717, 1.165) is 6.26 Å². The van der Waals surface area contributed by atoms with Crippen LogP contribution in [0.4, 0.5) is 5.69 Å². The third-order valence-corrected chi connectivity index (χ3v) is 2.11. The minimum atomic E-state index is -0.0760. The van der Waals surface area contributed by atoms with Gasteiger partial charge in [0.15, 0.2) is 11.3 Å². The van der Waals surface area contributed by atoms with Crippen molar-refractivity contribution in [1.82, 2.24) is 0 Å². The molecule has 0 saturated carbocycles. The van der Waals surface area contributed by atoms with Crippen LogP contribution in [0.25, 0.3) is 11.0 Å². The van der Waals surface area contributed by atoms with E-state index in [2.05, 4.69) is 4.99 Å². The predicted octanol–water partition coefficient (Wildman–Crippen LogP) is 2.76. The Morgan fingerprint density at radius 2 is 2.29 bits per heavy atom. The van der Waals surface area contributed by atoms with E-state index in [1.54, 1.807) is 0 Å². The fourth-order valence-corrected chi connectivity index (χ4v) is 1.46. The van der Waals surface area contributed by atoms with Gasteiger partial charge >= 0.3 is 0 Å². The van der Waals surface area contributed by atoms with Crippen molar-refractivity contribution in [3.05, 3.63) is 23.4 Å². The average Bonchev–Trinajstić information content (AvgIpc) is 2.54.